The molecular weight excluding hydrogens is 278 g/mol. The fourth-order valence-electron chi connectivity index (χ4n) is 2.71. The van der Waals surface area contributed by atoms with E-state index in [4.69, 9.17) is 9.47 Å². The molecule has 5 heteroatoms. The van der Waals surface area contributed by atoms with Gasteiger partial charge in [-0.1, -0.05) is 18.2 Å². The summed E-state index contributed by atoms with van der Waals surface area (Å²) in [5.41, 5.74) is 2.17. The van der Waals surface area contributed by atoms with Crippen molar-refractivity contribution < 1.29 is 9.47 Å². The molecule has 0 aliphatic carbocycles. The monoisotopic (exact) mass is 299 g/mol. The van der Waals surface area contributed by atoms with Crippen molar-refractivity contribution in [3.63, 3.8) is 0 Å². The molecule has 1 aromatic carbocycles. The minimum Gasteiger partial charge on any atom is -0.493 e. The number of ether oxygens (including phenoxy) is 2. The summed E-state index contributed by atoms with van der Waals surface area (Å²) in [5, 5.41) is 3.41. The molecule has 5 nitrogen and oxygen atoms in total. The lowest BCUT2D eigenvalue weighted by atomic mass is 9.97. The summed E-state index contributed by atoms with van der Waals surface area (Å²) in [6.45, 7) is 2.14. The Morgan fingerprint density at radius 1 is 1.32 bits per heavy atom. The molecule has 0 spiro atoms. The number of benzene rings is 1. The summed E-state index contributed by atoms with van der Waals surface area (Å²) >= 11 is 0. The summed E-state index contributed by atoms with van der Waals surface area (Å²) in [7, 11) is 1.66. The largest absolute Gasteiger partial charge is 0.493 e. The van der Waals surface area contributed by atoms with Gasteiger partial charge < -0.3 is 14.8 Å². The molecule has 1 aliphatic heterocycles. The molecule has 0 unspecified atom stereocenters. The highest BCUT2D eigenvalue weighted by atomic mass is 16.5. The first-order valence-electron chi connectivity index (χ1n) is 7.59. The molecule has 0 amide bonds. The third-order valence-corrected chi connectivity index (χ3v) is 3.85. The molecule has 1 aliphatic rings. The second-order valence-corrected chi connectivity index (χ2v) is 5.52. The SMILES string of the molecule is COCc1cc(NC[C@@H]2CCOc3ccccc3C2)ncn1. The normalized spacial score (nSPS) is 17.2. The van der Waals surface area contributed by atoms with Gasteiger partial charge in [0.25, 0.3) is 0 Å². The molecule has 0 bridgehead atoms. The molecule has 2 aromatic rings. The van der Waals surface area contributed by atoms with E-state index in [1.807, 2.05) is 18.2 Å². The minimum absolute atomic E-state index is 0.502. The molecule has 116 valence electrons. The van der Waals surface area contributed by atoms with Crippen LogP contribution in [0.25, 0.3) is 0 Å². The number of nitrogens with one attached hydrogen (secondary N) is 1. The van der Waals surface area contributed by atoms with Gasteiger partial charge in [-0.2, -0.15) is 0 Å². The Kier molecular flexibility index (Phi) is 4.85. The van der Waals surface area contributed by atoms with Crippen LogP contribution in [0, 0.1) is 5.92 Å². The van der Waals surface area contributed by atoms with Crippen molar-refractivity contribution in [3.8, 4) is 5.75 Å². The zero-order valence-corrected chi connectivity index (χ0v) is 12.8. The van der Waals surface area contributed by atoms with Crippen LogP contribution in [-0.4, -0.2) is 30.2 Å². The van der Waals surface area contributed by atoms with Crippen molar-refractivity contribution in [2.24, 2.45) is 5.92 Å². The number of nitrogens with zero attached hydrogens (tertiary/aromatic N) is 2. The van der Waals surface area contributed by atoms with Gasteiger partial charge in [0.15, 0.2) is 0 Å². The van der Waals surface area contributed by atoms with Gasteiger partial charge in [0.2, 0.25) is 0 Å². The van der Waals surface area contributed by atoms with E-state index in [0.29, 0.717) is 12.5 Å². The van der Waals surface area contributed by atoms with Gasteiger partial charge in [0.1, 0.15) is 17.9 Å². The van der Waals surface area contributed by atoms with Gasteiger partial charge in [0.05, 0.1) is 18.9 Å². The summed E-state index contributed by atoms with van der Waals surface area (Å²) in [5.74, 6) is 2.40. The van der Waals surface area contributed by atoms with Crippen LogP contribution < -0.4 is 10.1 Å². The van der Waals surface area contributed by atoms with Crippen LogP contribution in [0.5, 0.6) is 5.75 Å². The molecule has 0 saturated carbocycles. The molecule has 1 atom stereocenters. The van der Waals surface area contributed by atoms with E-state index in [1.54, 1.807) is 13.4 Å². The highest BCUT2D eigenvalue weighted by molar-refractivity contribution is 5.36. The molecule has 2 heterocycles. The van der Waals surface area contributed by atoms with Crippen LogP contribution in [0.3, 0.4) is 0 Å². The van der Waals surface area contributed by atoms with E-state index in [9.17, 15) is 0 Å². The Morgan fingerprint density at radius 3 is 3.14 bits per heavy atom. The van der Waals surface area contributed by atoms with Crippen molar-refractivity contribution >= 4 is 5.82 Å². The van der Waals surface area contributed by atoms with Crippen LogP contribution >= 0.6 is 0 Å². The highest BCUT2D eigenvalue weighted by Gasteiger charge is 2.17. The Morgan fingerprint density at radius 2 is 2.23 bits per heavy atom. The summed E-state index contributed by atoms with van der Waals surface area (Å²) in [6.07, 6.45) is 3.64. The van der Waals surface area contributed by atoms with Crippen molar-refractivity contribution in [1.82, 2.24) is 9.97 Å². The second kappa shape index (κ2) is 7.22. The maximum Gasteiger partial charge on any atom is 0.129 e. The molecule has 0 fully saturated rings. The van der Waals surface area contributed by atoms with Gasteiger partial charge in [-0.25, -0.2) is 9.97 Å². The van der Waals surface area contributed by atoms with Crippen LogP contribution in [-0.2, 0) is 17.8 Å². The van der Waals surface area contributed by atoms with E-state index < -0.39 is 0 Å². The van der Waals surface area contributed by atoms with Crippen LogP contribution in [0.2, 0.25) is 0 Å². The molecule has 22 heavy (non-hydrogen) atoms. The first-order chi connectivity index (χ1) is 10.8. The second-order valence-electron chi connectivity index (χ2n) is 5.52. The Labute approximate surface area is 130 Å². The van der Waals surface area contributed by atoms with E-state index in [1.165, 1.54) is 5.56 Å². The number of para-hydroxylation sites is 1. The average Bonchev–Trinajstić information content (AvgIpc) is 2.75. The van der Waals surface area contributed by atoms with Gasteiger partial charge >= 0.3 is 0 Å². The maximum absolute atomic E-state index is 5.81. The number of hydrogen-bond donors (Lipinski definition) is 1. The smallest absolute Gasteiger partial charge is 0.129 e. The number of hydrogen-bond acceptors (Lipinski definition) is 5. The Hall–Kier alpha value is -2.14. The highest BCUT2D eigenvalue weighted by Crippen LogP contribution is 2.26. The summed E-state index contributed by atoms with van der Waals surface area (Å²) in [4.78, 5) is 8.44. The van der Waals surface area contributed by atoms with Crippen molar-refractivity contribution in [2.75, 3.05) is 25.6 Å². The predicted molar refractivity (Wildman–Crippen MR) is 85.0 cm³/mol. The van der Waals surface area contributed by atoms with Crippen LogP contribution in [0.15, 0.2) is 36.7 Å². The molecule has 1 aromatic heterocycles. The third-order valence-electron chi connectivity index (χ3n) is 3.85. The number of fused-ring (bicyclic) bond motifs is 1. The fraction of sp³-hybridized carbons (Fsp3) is 0.412. The quantitative estimate of drug-likeness (QED) is 0.920. The third kappa shape index (κ3) is 3.74. The van der Waals surface area contributed by atoms with E-state index >= 15 is 0 Å². The molecule has 0 saturated heterocycles. The minimum atomic E-state index is 0.502. The molecule has 0 radical (unpaired) electrons. The summed E-state index contributed by atoms with van der Waals surface area (Å²) in [6, 6.07) is 10.2. The van der Waals surface area contributed by atoms with Crippen molar-refractivity contribution in [1.29, 1.82) is 0 Å². The zero-order chi connectivity index (χ0) is 15.2. The van der Waals surface area contributed by atoms with Crippen LogP contribution in [0.4, 0.5) is 5.82 Å². The molecule has 1 N–H and O–H groups in total. The van der Waals surface area contributed by atoms with Gasteiger partial charge in [-0.3, -0.25) is 0 Å². The fourth-order valence-corrected chi connectivity index (χ4v) is 2.71. The molecular formula is C17H21N3O2. The zero-order valence-electron chi connectivity index (χ0n) is 12.8. The van der Waals surface area contributed by atoms with Gasteiger partial charge in [-0.15, -0.1) is 0 Å². The number of anilines is 1. The van der Waals surface area contributed by atoms with Crippen molar-refractivity contribution in [3.05, 3.63) is 47.9 Å². The first-order valence-corrected chi connectivity index (χ1v) is 7.59. The number of methoxy groups -OCH3 is 1. The van der Waals surface area contributed by atoms with Gasteiger partial charge in [-0.05, 0) is 30.4 Å². The Balaban J connectivity index is 1.61. The average molecular weight is 299 g/mol. The number of rotatable bonds is 5. The van der Waals surface area contributed by atoms with E-state index in [-0.39, 0.29) is 0 Å². The predicted octanol–water partition coefficient (Wildman–Crippen LogP) is 2.68. The lowest BCUT2D eigenvalue weighted by Crippen LogP contribution is -2.18. The molecule has 3 rings (SSSR count). The lowest BCUT2D eigenvalue weighted by molar-refractivity contribution is 0.181. The van der Waals surface area contributed by atoms with Gasteiger partial charge in [0, 0.05) is 19.7 Å². The number of aromatic nitrogens is 2. The lowest BCUT2D eigenvalue weighted by Gasteiger charge is -2.15. The Bertz CT molecular complexity index is 618. The van der Waals surface area contributed by atoms with E-state index in [2.05, 4.69) is 27.4 Å². The maximum atomic E-state index is 5.81. The summed E-state index contributed by atoms with van der Waals surface area (Å²) < 4.78 is 10.9. The first kappa shape index (κ1) is 14.8. The van der Waals surface area contributed by atoms with Crippen LogP contribution in [0.1, 0.15) is 17.7 Å². The standard InChI is InChI=1S/C17H21N3O2/c1-21-11-15-9-17(20-12-19-15)18-10-13-6-7-22-16-5-3-2-4-14(16)8-13/h2-5,9,12-13H,6-8,10-11H2,1H3,(H,18,19,20)/t13-/m1/s1. The van der Waals surface area contributed by atoms with E-state index in [0.717, 1.165) is 43.3 Å². The topological polar surface area (TPSA) is 56.3 Å². The van der Waals surface area contributed by atoms with Crippen molar-refractivity contribution in [2.45, 2.75) is 19.4 Å².